The molecule has 60 heavy (non-hydrogen) atoms. The summed E-state index contributed by atoms with van der Waals surface area (Å²) in [6, 6.07) is 13.4. The zero-order valence-electron chi connectivity index (χ0n) is 36.8. The van der Waals surface area contributed by atoms with Gasteiger partial charge in [0, 0.05) is 72.9 Å². The highest BCUT2D eigenvalue weighted by Crippen LogP contribution is 2.41. The molecule has 2 atom stereocenters. The van der Waals surface area contributed by atoms with E-state index in [2.05, 4.69) is 48.2 Å². The molecule has 336 valence electrons. The van der Waals surface area contributed by atoms with E-state index in [4.69, 9.17) is 15.2 Å². The molecule has 0 aliphatic heterocycles. The van der Waals surface area contributed by atoms with E-state index >= 15 is 4.39 Å². The highest BCUT2D eigenvalue weighted by Gasteiger charge is 2.37. The summed E-state index contributed by atoms with van der Waals surface area (Å²) < 4.78 is 42.5. The van der Waals surface area contributed by atoms with Gasteiger partial charge < -0.3 is 35.3 Å². The Balaban J connectivity index is 1.86. The summed E-state index contributed by atoms with van der Waals surface area (Å²) in [5.74, 6) is -0.437. The first-order valence-electron chi connectivity index (χ1n) is 20.0. The van der Waals surface area contributed by atoms with E-state index < -0.39 is 61.3 Å². The fourth-order valence-corrected chi connectivity index (χ4v) is 8.25. The maximum atomic E-state index is 15.3. The SMILES string of the molecule is CC(C)(C)[C@H](c1cc(-c2cc(F)ccc2F)cn1Cc1ccccc1)N(CCCNC(=O)OCCS(C)(C)C)C(=O)CSCCC(=O)N[C@H](CN)C(=O)OCCS(C)(C)C. The minimum absolute atomic E-state index is 0.0345. The molecule has 0 radical (unpaired) electrons. The van der Waals surface area contributed by atoms with E-state index in [1.165, 1.54) is 17.8 Å². The summed E-state index contributed by atoms with van der Waals surface area (Å²) in [5, 5.41) is 5.47. The van der Waals surface area contributed by atoms with E-state index in [1.807, 2.05) is 61.7 Å². The number of esters is 1. The predicted octanol–water partition coefficient (Wildman–Crippen LogP) is 7.01. The number of aromatic nitrogens is 1. The number of halogens is 2. The van der Waals surface area contributed by atoms with Crippen LogP contribution in [0.25, 0.3) is 11.1 Å². The molecule has 3 aromatic rings. The van der Waals surface area contributed by atoms with Crippen LogP contribution >= 0.6 is 31.8 Å². The Morgan fingerprint density at radius 2 is 1.57 bits per heavy atom. The average Bonchev–Trinajstić information content (AvgIpc) is 3.55. The van der Waals surface area contributed by atoms with Gasteiger partial charge in [-0.2, -0.15) is 11.8 Å². The van der Waals surface area contributed by atoms with Crippen molar-refractivity contribution in [2.45, 2.75) is 52.2 Å². The fourth-order valence-electron chi connectivity index (χ4n) is 6.27. The van der Waals surface area contributed by atoms with Gasteiger partial charge >= 0.3 is 12.1 Å². The van der Waals surface area contributed by atoms with E-state index in [1.54, 1.807) is 11.1 Å². The van der Waals surface area contributed by atoms with Crippen LogP contribution in [0.5, 0.6) is 0 Å². The number of hydrogen-bond acceptors (Lipinski definition) is 8. The van der Waals surface area contributed by atoms with Crippen LogP contribution in [0.2, 0.25) is 0 Å². The number of hydrogen-bond donors (Lipinski definition) is 3. The normalized spacial score (nSPS) is 13.5. The highest BCUT2D eigenvalue weighted by atomic mass is 32.3. The molecule has 16 heteroatoms. The zero-order chi connectivity index (χ0) is 44.7. The molecule has 0 spiro atoms. The van der Waals surface area contributed by atoms with Crippen LogP contribution in [0, 0.1) is 17.0 Å². The number of thioether (sulfide) groups is 1. The third-order valence-corrected chi connectivity index (χ3v) is 13.1. The Morgan fingerprint density at radius 3 is 2.18 bits per heavy atom. The van der Waals surface area contributed by atoms with E-state index in [9.17, 15) is 23.6 Å². The van der Waals surface area contributed by atoms with E-state index in [0.717, 1.165) is 34.9 Å². The van der Waals surface area contributed by atoms with Crippen LogP contribution in [0.4, 0.5) is 13.6 Å². The first-order chi connectivity index (χ1) is 28.1. The largest absolute Gasteiger partial charge is 0.463 e. The van der Waals surface area contributed by atoms with E-state index in [-0.39, 0.29) is 55.8 Å². The maximum Gasteiger partial charge on any atom is 0.407 e. The minimum atomic E-state index is -0.967. The van der Waals surface area contributed by atoms with Crippen LogP contribution in [-0.4, -0.2) is 133 Å². The summed E-state index contributed by atoms with van der Waals surface area (Å²) >= 11 is 1.29. The van der Waals surface area contributed by atoms with Crippen molar-refractivity contribution < 1.29 is 37.4 Å². The predicted molar refractivity (Wildman–Crippen MR) is 248 cm³/mol. The highest BCUT2D eigenvalue weighted by molar-refractivity contribution is 8.32. The molecule has 1 heterocycles. The van der Waals surface area contributed by atoms with Crippen LogP contribution in [0.3, 0.4) is 0 Å². The monoisotopic (exact) mass is 895 g/mol. The van der Waals surface area contributed by atoms with Crippen molar-refractivity contribution >= 4 is 55.7 Å². The van der Waals surface area contributed by atoms with Crippen molar-refractivity contribution in [1.82, 2.24) is 20.1 Å². The molecule has 0 aliphatic rings. The van der Waals surface area contributed by atoms with Gasteiger partial charge in [0.2, 0.25) is 11.8 Å². The Kier molecular flexibility index (Phi) is 19.8. The van der Waals surface area contributed by atoms with Gasteiger partial charge in [-0.1, -0.05) is 51.1 Å². The molecule has 2 aromatic carbocycles. The number of amides is 3. The lowest BCUT2D eigenvalue weighted by molar-refractivity contribution is -0.147. The first-order valence-corrected chi connectivity index (χ1v) is 27.2. The second kappa shape index (κ2) is 23.5. The molecule has 0 saturated heterocycles. The van der Waals surface area contributed by atoms with Gasteiger partial charge in [-0.25, -0.2) is 38.4 Å². The standard InChI is InChI=1S/C44H67F2N5O6S3/c1-44(2,3)41(38-26-33(35-27-34(45)16-17-36(35)46)30-50(38)29-32-14-11-10-12-15-32)51(20-13-19-48-43(55)57-22-25-60(7,8)9)40(53)31-58-23-18-39(52)49-37(28-47)42(54)56-21-24-59(4,5)6/h10-12,14-17,26-27,30,37,41H,13,18-25,28-29,31,47H2,1-9H3,(H,48,55)(H,49,52)/t37-,41+/m1/s1. The molecule has 0 unspecified atom stereocenters. The molecule has 11 nitrogen and oxygen atoms in total. The van der Waals surface area contributed by atoms with Crippen LogP contribution in [0.1, 0.15) is 50.9 Å². The fraction of sp³-hybridized carbons (Fsp3) is 0.545. The van der Waals surface area contributed by atoms with Crippen molar-refractivity contribution in [3.8, 4) is 11.1 Å². The van der Waals surface area contributed by atoms with Crippen LogP contribution < -0.4 is 16.4 Å². The lowest BCUT2D eigenvalue weighted by Gasteiger charge is -2.41. The number of nitrogens with two attached hydrogens (primary N) is 1. The molecule has 4 N–H and O–H groups in total. The number of nitrogens with zero attached hydrogens (tertiary/aromatic N) is 2. The topological polar surface area (TPSA) is 145 Å². The summed E-state index contributed by atoms with van der Waals surface area (Å²) in [6.45, 7) is 7.45. The van der Waals surface area contributed by atoms with Gasteiger partial charge in [0.15, 0.2) is 0 Å². The smallest absolute Gasteiger partial charge is 0.407 e. The van der Waals surface area contributed by atoms with Crippen molar-refractivity contribution in [2.24, 2.45) is 11.1 Å². The van der Waals surface area contributed by atoms with Gasteiger partial charge in [-0.3, -0.25) is 9.59 Å². The maximum absolute atomic E-state index is 15.3. The summed E-state index contributed by atoms with van der Waals surface area (Å²) in [7, 11) is -1.69. The third kappa shape index (κ3) is 17.7. The number of benzene rings is 2. The Bertz CT molecular complexity index is 1860. The third-order valence-electron chi connectivity index (χ3n) is 9.37. The van der Waals surface area contributed by atoms with Crippen molar-refractivity contribution in [2.75, 3.05) is 93.4 Å². The number of nitrogens with one attached hydrogen (secondary N) is 2. The van der Waals surface area contributed by atoms with Gasteiger partial charge in [0.1, 0.15) is 24.3 Å². The van der Waals surface area contributed by atoms with Crippen molar-refractivity contribution in [1.29, 1.82) is 0 Å². The number of ether oxygens (including phenoxy) is 2. The van der Waals surface area contributed by atoms with Crippen molar-refractivity contribution in [3.05, 3.63) is 83.7 Å². The van der Waals surface area contributed by atoms with Crippen molar-refractivity contribution in [3.63, 3.8) is 0 Å². The minimum Gasteiger partial charge on any atom is -0.463 e. The summed E-state index contributed by atoms with van der Waals surface area (Å²) in [4.78, 5) is 54.2. The van der Waals surface area contributed by atoms with Crippen LogP contribution in [-0.2, 0) is 30.4 Å². The lowest BCUT2D eigenvalue weighted by atomic mass is 9.83. The average molecular weight is 896 g/mol. The lowest BCUT2D eigenvalue weighted by Crippen LogP contribution is -2.47. The second-order valence-electron chi connectivity index (χ2n) is 17.6. The van der Waals surface area contributed by atoms with Crippen LogP contribution in [0.15, 0.2) is 60.8 Å². The molecule has 0 aliphatic carbocycles. The molecule has 3 rings (SSSR count). The summed E-state index contributed by atoms with van der Waals surface area (Å²) in [5.41, 5.74) is 7.51. The van der Waals surface area contributed by atoms with Gasteiger partial charge in [-0.05, 0) is 79.2 Å². The number of alkyl carbamates (subject to hydrolysis) is 1. The molecule has 1 aromatic heterocycles. The molecular formula is C44H67F2N5O6S3. The molecule has 0 saturated carbocycles. The summed E-state index contributed by atoms with van der Waals surface area (Å²) in [6.07, 6.45) is 14.5. The molecule has 3 amide bonds. The van der Waals surface area contributed by atoms with Gasteiger partial charge in [0.05, 0.1) is 18.4 Å². The number of carbonyl (C=O) groups excluding carboxylic acids is 4. The van der Waals surface area contributed by atoms with E-state index in [0.29, 0.717) is 30.9 Å². The Hall–Kier alpha value is -3.73. The first kappa shape index (κ1) is 50.6. The van der Waals surface area contributed by atoms with Gasteiger partial charge in [-0.15, -0.1) is 0 Å². The quantitative estimate of drug-likeness (QED) is 0.0682. The molecule has 0 fully saturated rings. The zero-order valence-corrected chi connectivity index (χ0v) is 39.3. The second-order valence-corrected chi connectivity index (χ2v) is 27.9. The Labute approximate surface area is 363 Å². The number of carbonyl (C=O) groups is 4. The Morgan fingerprint density at radius 1 is 0.917 bits per heavy atom. The molecule has 0 bridgehead atoms. The number of rotatable bonds is 23. The molecular weight excluding hydrogens is 829 g/mol. The van der Waals surface area contributed by atoms with Gasteiger partial charge in [0.25, 0.3) is 0 Å².